The van der Waals surface area contributed by atoms with E-state index < -0.39 is 19.0 Å². The Hall–Kier alpha value is -3.23. The molecule has 0 aliphatic carbocycles. The van der Waals surface area contributed by atoms with E-state index >= 15 is 0 Å². The number of Topliss-reactive ketones (excluding diaryl/α,β-unsaturated/α-hetero) is 1. The van der Waals surface area contributed by atoms with Crippen LogP contribution in [-0.4, -0.2) is 29.6 Å². The van der Waals surface area contributed by atoms with Crippen LogP contribution >= 0.6 is 7.26 Å². The Bertz CT molecular complexity index is 945. The first-order valence-corrected chi connectivity index (χ1v) is 11.3. The number of aliphatic hydroxyl groups excluding tert-OH is 1. The summed E-state index contributed by atoms with van der Waals surface area (Å²) in [6.07, 6.45) is 0.168. The lowest BCUT2D eigenvalue weighted by Gasteiger charge is -2.27. The molecule has 0 amide bonds. The van der Waals surface area contributed by atoms with Crippen molar-refractivity contribution in [2.75, 3.05) is 12.8 Å². The molecule has 0 atom stereocenters. The number of aliphatic hydroxyl groups is 1. The summed E-state index contributed by atoms with van der Waals surface area (Å²) in [5.74, 6) is -1.43. The van der Waals surface area contributed by atoms with Crippen LogP contribution in [0, 0.1) is 0 Å². The van der Waals surface area contributed by atoms with Gasteiger partial charge in [0.15, 0.2) is 6.61 Å². The Balaban J connectivity index is 2.00. The van der Waals surface area contributed by atoms with Gasteiger partial charge in [-0.15, -0.1) is 0 Å². The molecule has 0 aromatic heterocycles. The Labute approximate surface area is 169 Å². The summed E-state index contributed by atoms with van der Waals surface area (Å²) >= 11 is 0. The van der Waals surface area contributed by atoms with E-state index in [1.165, 1.54) is 0 Å². The van der Waals surface area contributed by atoms with Gasteiger partial charge in [-0.25, -0.2) is 4.79 Å². The summed E-state index contributed by atoms with van der Waals surface area (Å²) in [7, 11) is -2.38. The molecule has 144 valence electrons. The van der Waals surface area contributed by atoms with E-state index in [0.717, 1.165) is 15.9 Å². The maximum Gasteiger partial charge on any atom is 0.345 e. The zero-order valence-electron chi connectivity index (χ0n) is 15.7. The van der Waals surface area contributed by atoms with E-state index in [9.17, 15) is 14.7 Å². The number of carbonyl (C=O) groups excluding carboxylic acids is 2. The van der Waals surface area contributed by atoms with Gasteiger partial charge in [0, 0.05) is 0 Å². The molecule has 0 spiro atoms. The number of cyclic esters (lactones) is 1. The predicted molar refractivity (Wildman–Crippen MR) is 116 cm³/mol. The number of allylic oxidation sites excluding steroid dienone is 1. The largest absolute Gasteiger partial charge is 0.507 e. The molecule has 0 unspecified atom stereocenters. The van der Waals surface area contributed by atoms with Gasteiger partial charge in [-0.3, -0.25) is 4.79 Å². The van der Waals surface area contributed by atoms with E-state index in [1.54, 1.807) is 0 Å². The molecule has 1 fully saturated rings. The van der Waals surface area contributed by atoms with Gasteiger partial charge in [0.25, 0.3) is 0 Å². The van der Waals surface area contributed by atoms with E-state index in [0.29, 0.717) is 0 Å². The van der Waals surface area contributed by atoms with Gasteiger partial charge in [-0.1, -0.05) is 54.6 Å². The third-order valence-corrected chi connectivity index (χ3v) is 9.40. The second-order valence-electron chi connectivity index (χ2n) is 6.80. The van der Waals surface area contributed by atoms with Crippen molar-refractivity contribution < 1.29 is 19.4 Å². The second-order valence-corrected chi connectivity index (χ2v) is 10.3. The van der Waals surface area contributed by atoms with E-state index in [1.807, 2.05) is 91.0 Å². The maximum absolute atomic E-state index is 12.2. The average molecular weight is 403 g/mol. The quantitative estimate of drug-likeness (QED) is 0.234. The highest BCUT2D eigenvalue weighted by Crippen LogP contribution is 2.56. The fourth-order valence-electron chi connectivity index (χ4n) is 3.74. The van der Waals surface area contributed by atoms with Crippen molar-refractivity contribution in [3.8, 4) is 0 Å². The first-order chi connectivity index (χ1) is 14.1. The van der Waals surface area contributed by atoms with Crippen molar-refractivity contribution >= 4 is 34.9 Å². The van der Waals surface area contributed by atoms with Crippen LogP contribution in [0.2, 0.25) is 0 Å². The number of esters is 1. The molecule has 29 heavy (non-hydrogen) atoms. The first kappa shape index (κ1) is 19.1. The lowest BCUT2D eigenvalue weighted by atomic mass is 10.2. The van der Waals surface area contributed by atoms with Crippen LogP contribution in [0.1, 0.15) is 0 Å². The highest BCUT2D eigenvalue weighted by Gasteiger charge is 2.48. The van der Waals surface area contributed by atoms with Crippen LogP contribution in [0.4, 0.5) is 0 Å². The third kappa shape index (κ3) is 3.48. The van der Waals surface area contributed by atoms with Crippen molar-refractivity contribution in [3.05, 3.63) is 102 Å². The molecule has 1 N–H and O–H groups in total. The number of rotatable bonds is 5. The van der Waals surface area contributed by atoms with Crippen LogP contribution in [0.15, 0.2) is 102 Å². The van der Waals surface area contributed by atoms with Gasteiger partial charge in [0.2, 0.25) is 5.78 Å². The second kappa shape index (κ2) is 8.02. The van der Waals surface area contributed by atoms with E-state index in [-0.39, 0.29) is 24.1 Å². The number of carbonyl (C=O) groups is 2. The normalized spacial score (nSPS) is 15.9. The molecule has 1 saturated heterocycles. The Morgan fingerprint density at radius 1 is 0.759 bits per heavy atom. The van der Waals surface area contributed by atoms with Crippen LogP contribution in [-0.2, 0) is 14.3 Å². The molecule has 4 rings (SSSR count). The molecule has 0 bridgehead atoms. The van der Waals surface area contributed by atoms with Gasteiger partial charge in [0.1, 0.15) is 40.7 Å². The predicted octanol–water partition coefficient (Wildman–Crippen LogP) is 2.92. The zero-order valence-corrected chi connectivity index (χ0v) is 16.6. The highest BCUT2D eigenvalue weighted by atomic mass is 31.2. The van der Waals surface area contributed by atoms with Gasteiger partial charge < -0.3 is 9.84 Å². The molecule has 5 heteroatoms. The maximum atomic E-state index is 12.2. The smallest absolute Gasteiger partial charge is 0.345 e. The molecular weight excluding hydrogens is 383 g/mol. The van der Waals surface area contributed by atoms with Crippen molar-refractivity contribution in [1.29, 1.82) is 0 Å². The van der Waals surface area contributed by atoms with Gasteiger partial charge in [-0.2, -0.15) is 0 Å². The van der Waals surface area contributed by atoms with Crippen LogP contribution in [0.25, 0.3) is 0 Å². The zero-order chi connectivity index (χ0) is 20.3. The lowest BCUT2D eigenvalue weighted by Crippen LogP contribution is -2.34. The van der Waals surface area contributed by atoms with Gasteiger partial charge in [-0.05, 0) is 36.4 Å². The molecule has 0 saturated carbocycles. The Morgan fingerprint density at radius 3 is 1.52 bits per heavy atom. The summed E-state index contributed by atoms with van der Waals surface area (Å²) < 4.78 is 4.84. The number of hydrogen-bond donors (Lipinski definition) is 1. The van der Waals surface area contributed by atoms with Crippen LogP contribution in [0.3, 0.4) is 0 Å². The van der Waals surface area contributed by atoms with Crippen molar-refractivity contribution in [3.63, 3.8) is 0 Å². The molecule has 1 heterocycles. The summed E-state index contributed by atoms with van der Waals surface area (Å²) in [6, 6.07) is 29.9. The van der Waals surface area contributed by atoms with Crippen molar-refractivity contribution in [2.45, 2.75) is 0 Å². The van der Waals surface area contributed by atoms with E-state index in [2.05, 4.69) is 0 Å². The minimum absolute atomic E-state index is 0.168. The lowest BCUT2D eigenvalue weighted by molar-refractivity contribution is -0.135. The topological polar surface area (TPSA) is 63.6 Å². The third-order valence-electron chi connectivity index (χ3n) is 5.08. The van der Waals surface area contributed by atoms with E-state index in [4.69, 9.17) is 4.74 Å². The number of ketones is 1. The molecule has 3 aromatic rings. The first-order valence-electron chi connectivity index (χ1n) is 9.30. The minimum atomic E-state index is -2.38. The summed E-state index contributed by atoms with van der Waals surface area (Å²) in [5.41, 5.74) is -0.225. The van der Waals surface area contributed by atoms with Crippen LogP contribution < -0.4 is 15.9 Å². The Morgan fingerprint density at radius 2 is 1.17 bits per heavy atom. The molecule has 1 aliphatic heterocycles. The van der Waals surface area contributed by atoms with Crippen molar-refractivity contribution in [2.24, 2.45) is 0 Å². The SMILES string of the molecule is O=C1COC(=O)/C1=C(/O)C[P+](c1ccccc1)(c1ccccc1)c1ccccc1. The minimum Gasteiger partial charge on any atom is -0.507 e. The monoisotopic (exact) mass is 403 g/mol. The van der Waals surface area contributed by atoms with Crippen LogP contribution in [0.5, 0.6) is 0 Å². The molecule has 3 aromatic carbocycles. The number of benzene rings is 3. The fourth-order valence-corrected chi connectivity index (χ4v) is 7.83. The number of ether oxygens (including phenoxy) is 1. The van der Waals surface area contributed by atoms with Gasteiger partial charge in [0.05, 0.1) is 0 Å². The molecule has 1 aliphatic rings. The Kier molecular flexibility index (Phi) is 5.28. The fraction of sp³-hybridized carbons (Fsp3) is 0.0833. The molecular formula is C24H20O4P+. The van der Waals surface area contributed by atoms with Gasteiger partial charge >= 0.3 is 5.97 Å². The average Bonchev–Trinajstić information content (AvgIpc) is 3.12. The summed E-state index contributed by atoms with van der Waals surface area (Å²) in [5, 5.41) is 14.2. The molecule has 4 nitrogen and oxygen atoms in total. The standard InChI is InChI=1S/C24H19O4P/c25-21-16-28-24(27)23(21)22(26)17-29(18-10-4-1-5-11-18,19-12-6-2-7-13-19)20-14-8-3-9-15-20/h1-15H,16-17H2/p+1. The highest BCUT2D eigenvalue weighted by molar-refractivity contribution is 7.95. The van der Waals surface area contributed by atoms with Crippen molar-refractivity contribution in [1.82, 2.24) is 0 Å². The molecule has 0 radical (unpaired) electrons. The summed E-state index contributed by atoms with van der Waals surface area (Å²) in [4.78, 5) is 24.2. The number of hydrogen-bond acceptors (Lipinski definition) is 4. The summed E-state index contributed by atoms with van der Waals surface area (Å²) in [6.45, 7) is -0.314.